The lowest BCUT2D eigenvalue weighted by Crippen LogP contribution is -2.85. The Morgan fingerprint density at radius 3 is 2.02 bits per heavy atom. The molecule has 4 aliphatic carbocycles. The van der Waals surface area contributed by atoms with Crippen LogP contribution in [0, 0.1) is 40.9 Å². The number of esters is 2. The largest absolute Gasteiger partial charge is 0.459 e. The number of carbonyl (C=O) groups excluding carboxylic acids is 2. The predicted octanol–water partition coefficient (Wildman–Crippen LogP) is 1.89. The Balaban J connectivity index is 1.36. The van der Waals surface area contributed by atoms with Gasteiger partial charge in [-0.05, 0) is 51.4 Å². The zero-order valence-electron chi connectivity index (χ0n) is 28.5. The Hall–Kier alpha value is -1.34. The average Bonchev–Trinajstić information content (AvgIpc) is 3.13. The number of carbonyl (C=O) groups is 2. The van der Waals surface area contributed by atoms with Crippen LogP contribution in [0.25, 0.3) is 0 Å². The highest BCUT2D eigenvalue weighted by Gasteiger charge is 2.89. The molecule has 0 aromatic carbocycles. The number of aliphatic hydroxyl groups is 5. The fourth-order valence-electron chi connectivity index (χ4n) is 12.1. The van der Waals surface area contributed by atoms with Crippen molar-refractivity contribution in [2.24, 2.45) is 40.9 Å². The minimum atomic E-state index is -2.08. The van der Waals surface area contributed by atoms with Gasteiger partial charge >= 0.3 is 11.9 Å². The first-order valence-corrected chi connectivity index (χ1v) is 17.7. The SMILES string of the molecule is CC(C)C(=O)O[C@H]1CC[C@@]2(C)[C@@H]3CC[C@H]4[C@]5(O)C[C@H](OC(=O)C(C)C)[C@@]6(O)[C@@H](CN7C[C@@H](C)CC[C@H]7[C@@]6(C)O)[C@]5(O)C[C@@]42O[C@]13O. The molecule has 11 nitrogen and oxygen atoms in total. The van der Waals surface area contributed by atoms with Crippen LogP contribution < -0.4 is 0 Å². The third-order valence-electron chi connectivity index (χ3n) is 14.5. The van der Waals surface area contributed by atoms with Crippen molar-refractivity contribution in [3.63, 3.8) is 0 Å². The maximum atomic E-state index is 13.2. The number of rotatable bonds is 4. The third kappa shape index (κ3) is 3.74. The summed E-state index contributed by atoms with van der Waals surface area (Å²) in [5.41, 5.74) is -9.60. The molecule has 4 bridgehead atoms. The van der Waals surface area contributed by atoms with Crippen LogP contribution in [0.3, 0.4) is 0 Å². The van der Waals surface area contributed by atoms with Crippen LogP contribution in [-0.4, -0.2) is 108 Å². The average molecular weight is 650 g/mol. The van der Waals surface area contributed by atoms with Crippen molar-refractivity contribution in [2.45, 2.75) is 152 Å². The number of hydrogen-bond donors (Lipinski definition) is 5. The molecular formula is C35H55NO10. The van der Waals surface area contributed by atoms with E-state index >= 15 is 0 Å². The highest BCUT2D eigenvalue weighted by Crippen LogP contribution is 2.78. The molecule has 0 aromatic heterocycles. The summed E-state index contributed by atoms with van der Waals surface area (Å²) in [6.07, 6.45) is 0.757. The summed E-state index contributed by atoms with van der Waals surface area (Å²) in [5.74, 6) is -5.53. The second-order valence-corrected chi connectivity index (χ2v) is 17.4. The van der Waals surface area contributed by atoms with Gasteiger partial charge in [0.2, 0.25) is 5.79 Å². The van der Waals surface area contributed by atoms with E-state index in [4.69, 9.17) is 14.2 Å². The first-order chi connectivity index (χ1) is 21.2. The first-order valence-electron chi connectivity index (χ1n) is 17.7. The highest BCUT2D eigenvalue weighted by atomic mass is 16.7. The summed E-state index contributed by atoms with van der Waals surface area (Å²) < 4.78 is 18.8. The van der Waals surface area contributed by atoms with E-state index in [1.165, 1.54) is 0 Å². The van der Waals surface area contributed by atoms with E-state index in [0.717, 1.165) is 6.42 Å². The second kappa shape index (κ2) is 9.88. The summed E-state index contributed by atoms with van der Waals surface area (Å²) in [5, 5.41) is 64.0. The van der Waals surface area contributed by atoms with E-state index < -0.39 is 93.1 Å². The molecule has 260 valence electrons. The van der Waals surface area contributed by atoms with Crippen molar-refractivity contribution < 1.29 is 49.3 Å². The van der Waals surface area contributed by atoms with Crippen molar-refractivity contribution >= 4 is 11.9 Å². The van der Waals surface area contributed by atoms with Crippen molar-refractivity contribution in [1.82, 2.24) is 4.90 Å². The Morgan fingerprint density at radius 2 is 1.39 bits per heavy atom. The molecular weight excluding hydrogens is 594 g/mol. The van der Waals surface area contributed by atoms with E-state index in [9.17, 15) is 35.1 Å². The Bertz CT molecular complexity index is 1310. The third-order valence-corrected chi connectivity index (χ3v) is 14.5. The van der Waals surface area contributed by atoms with Crippen LogP contribution in [0.2, 0.25) is 0 Å². The van der Waals surface area contributed by atoms with Gasteiger partial charge in [0, 0.05) is 55.1 Å². The van der Waals surface area contributed by atoms with Crippen LogP contribution >= 0.6 is 0 Å². The number of piperidine rings is 2. The fraction of sp³-hybridized carbons (Fsp3) is 0.943. The van der Waals surface area contributed by atoms with Crippen LogP contribution in [0.4, 0.5) is 0 Å². The summed E-state index contributed by atoms with van der Waals surface area (Å²) in [4.78, 5) is 28.1. The maximum Gasteiger partial charge on any atom is 0.308 e. The quantitative estimate of drug-likeness (QED) is 0.282. The lowest BCUT2D eigenvalue weighted by atomic mass is 9.48. The minimum Gasteiger partial charge on any atom is -0.459 e. The van der Waals surface area contributed by atoms with E-state index in [0.29, 0.717) is 44.6 Å². The molecule has 1 spiro atoms. The van der Waals surface area contributed by atoms with E-state index in [1.54, 1.807) is 34.6 Å². The zero-order valence-corrected chi connectivity index (χ0v) is 28.5. The summed E-state index contributed by atoms with van der Waals surface area (Å²) in [6, 6.07) is -0.428. The fourth-order valence-corrected chi connectivity index (χ4v) is 12.1. The molecule has 4 saturated carbocycles. The first kappa shape index (κ1) is 33.2. The Labute approximate surface area is 272 Å². The molecule has 0 aromatic rings. The van der Waals surface area contributed by atoms with Gasteiger partial charge in [-0.25, -0.2) is 0 Å². The molecule has 7 aliphatic rings. The van der Waals surface area contributed by atoms with E-state index in [2.05, 4.69) is 11.8 Å². The molecule has 11 heteroatoms. The van der Waals surface area contributed by atoms with Crippen LogP contribution in [0.5, 0.6) is 0 Å². The van der Waals surface area contributed by atoms with Gasteiger partial charge < -0.3 is 39.7 Å². The Kier molecular flexibility index (Phi) is 7.13. The predicted molar refractivity (Wildman–Crippen MR) is 164 cm³/mol. The maximum absolute atomic E-state index is 13.2. The van der Waals surface area contributed by atoms with Crippen molar-refractivity contribution in [3.05, 3.63) is 0 Å². The van der Waals surface area contributed by atoms with Gasteiger partial charge in [0.05, 0.1) is 17.4 Å². The van der Waals surface area contributed by atoms with Gasteiger partial charge in [-0.15, -0.1) is 0 Å². The van der Waals surface area contributed by atoms with Crippen LogP contribution in [0.15, 0.2) is 0 Å². The molecule has 5 N–H and O–H groups in total. The highest BCUT2D eigenvalue weighted by molar-refractivity contribution is 5.72. The molecule has 3 heterocycles. The topological polar surface area (TPSA) is 166 Å². The van der Waals surface area contributed by atoms with Gasteiger partial charge in [-0.3, -0.25) is 14.5 Å². The number of fused-ring (bicyclic) bond motifs is 5. The molecule has 3 aliphatic heterocycles. The molecule has 3 saturated heterocycles. The van der Waals surface area contributed by atoms with Crippen LogP contribution in [-0.2, 0) is 23.8 Å². The second-order valence-electron chi connectivity index (χ2n) is 17.4. The van der Waals surface area contributed by atoms with Gasteiger partial charge in [0.15, 0.2) is 6.10 Å². The summed E-state index contributed by atoms with van der Waals surface area (Å²) >= 11 is 0. The molecule has 46 heavy (non-hydrogen) atoms. The van der Waals surface area contributed by atoms with E-state index in [-0.39, 0.29) is 25.3 Å². The van der Waals surface area contributed by atoms with Gasteiger partial charge in [0.1, 0.15) is 28.5 Å². The number of ether oxygens (including phenoxy) is 3. The molecule has 0 unspecified atom stereocenters. The van der Waals surface area contributed by atoms with Crippen LogP contribution in [0.1, 0.15) is 99.8 Å². The van der Waals surface area contributed by atoms with Crippen molar-refractivity contribution in [2.75, 3.05) is 13.1 Å². The number of nitrogens with zero attached hydrogens (tertiary/aromatic N) is 1. The summed E-state index contributed by atoms with van der Waals surface area (Å²) in [6.45, 7) is 13.5. The van der Waals surface area contributed by atoms with E-state index in [1.807, 2.05) is 6.92 Å². The Morgan fingerprint density at radius 1 is 0.783 bits per heavy atom. The zero-order chi connectivity index (χ0) is 33.6. The standard InChI is InChI=1S/C35H55NO10/c1-18(2)27(37)44-25-12-13-29(6)21-9-10-22-31(40)14-26(45-28(38)19(3)4)34(42)23(32(31,41)17-33(22,29)46-35(21,25)43)16-36-15-20(5)8-11-24(36)30(34,7)39/h18-26,39-43H,8-17H2,1-7H3/t20-,21-,22-,23-,24-,25-,26-,29-,30+,31+,32+,33+,34-,35-/m0/s1. The van der Waals surface area contributed by atoms with Gasteiger partial charge in [-0.1, -0.05) is 41.5 Å². The lowest BCUT2D eigenvalue weighted by molar-refractivity contribution is -0.355. The molecule has 0 radical (unpaired) electrons. The normalized spacial score (nSPS) is 55.7. The van der Waals surface area contributed by atoms with Crippen molar-refractivity contribution in [1.29, 1.82) is 0 Å². The summed E-state index contributed by atoms with van der Waals surface area (Å²) in [7, 11) is 0. The minimum absolute atomic E-state index is 0.0801. The molecule has 0 amide bonds. The van der Waals surface area contributed by atoms with Gasteiger partial charge in [0.25, 0.3) is 0 Å². The smallest absolute Gasteiger partial charge is 0.308 e. The van der Waals surface area contributed by atoms with Crippen molar-refractivity contribution in [3.8, 4) is 0 Å². The lowest BCUT2D eigenvalue weighted by Gasteiger charge is -2.68. The molecule has 7 fully saturated rings. The molecule has 7 rings (SSSR count). The number of hydrogen-bond acceptors (Lipinski definition) is 11. The van der Waals surface area contributed by atoms with Gasteiger partial charge in [-0.2, -0.15) is 0 Å². The monoisotopic (exact) mass is 649 g/mol. The molecule has 14 atom stereocenters.